The molecule has 0 saturated heterocycles. The molecule has 0 spiro atoms. The smallest absolute Gasteiger partial charge is 0.306 e. The van der Waals surface area contributed by atoms with E-state index in [0.29, 0.717) is 19.3 Å². The highest BCUT2D eigenvalue weighted by Gasteiger charge is 2.19. The van der Waals surface area contributed by atoms with Crippen molar-refractivity contribution in [2.24, 2.45) is 0 Å². The van der Waals surface area contributed by atoms with Crippen molar-refractivity contribution in [2.75, 3.05) is 13.2 Å². The number of allylic oxidation sites excluding steroid dienone is 18. The van der Waals surface area contributed by atoms with Crippen LogP contribution in [0, 0.1) is 0 Å². The zero-order valence-electron chi connectivity index (χ0n) is 52.6. The number of unbranched alkanes of at least 4 members (excludes halogenated alkanes) is 32. The second kappa shape index (κ2) is 67.6. The first-order chi connectivity index (χ1) is 39.5. The highest BCUT2D eigenvalue weighted by molar-refractivity contribution is 5.71. The molecule has 0 aliphatic heterocycles. The fourth-order valence-electron chi connectivity index (χ4n) is 9.50. The lowest BCUT2D eigenvalue weighted by molar-refractivity contribution is -0.167. The van der Waals surface area contributed by atoms with Crippen LogP contribution >= 0.6 is 0 Å². The first-order valence-corrected chi connectivity index (χ1v) is 33.9. The van der Waals surface area contributed by atoms with Gasteiger partial charge in [-0.1, -0.05) is 323 Å². The number of esters is 3. The van der Waals surface area contributed by atoms with Crippen LogP contribution in [-0.4, -0.2) is 37.2 Å². The SMILES string of the molecule is CC/C=C\C/C=C\C/C=C\C/C=C\C/C=C\C/C=C\C/C=C\C/C=C\C/C=C\CCCCCCCCCC(=O)OCC(COC(=O)CCCCCCCCCCCCC)OC(=O)CCCCCCCCCCCCCCCCCC. The Balaban J connectivity index is 4.22. The maximum Gasteiger partial charge on any atom is 0.306 e. The Morgan fingerprint density at radius 3 is 0.762 bits per heavy atom. The predicted octanol–water partition coefficient (Wildman–Crippen LogP) is 23.4. The third-order valence-corrected chi connectivity index (χ3v) is 14.5. The Hall–Kier alpha value is -3.93. The van der Waals surface area contributed by atoms with Gasteiger partial charge >= 0.3 is 17.9 Å². The van der Waals surface area contributed by atoms with Gasteiger partial charge in [-0.25, -0.2) is 0 Å². The van der Waals surface area contributed by atoms with E-state index < -0.39 is 6.10 Å². The van der Waals surface area contributed by atoms with E-state index in [1.54, 1.807) is 0 Å². The molecule has 0 aromatic carbocycles. The molecule has 0 aliphatic carbocycles. The molecule has 1 atom stereocenters. The molecule has 6 nitrogen and oxygen atoms in total. The first-order valence-electron chi connectivity index (χ1n) is 33.9. The second-order valence-corrected chi connectivity index (χ2v) is 22.4. The van der Waals surface area contributed by atoms with Gasteiger partial charge < -0.3 is 14.2 Å². The molecule has 6 heteroatoms. The standard InChI is InChI=1S/C74H126O6/c1-4-7-10-13-16-19-22-24-26-28-29-30-31-32-33-34-35-36-37-38-39-40-41-42-43-44-45-46-48-49-52-55-58-61-64-67-73(76)79-70-71(69-78-72(75)66-63-60-57-54-51-21-18-15-12-9-6-3)80-74(77)68-65-62-59-56-53-50-47-27-25-23-20-17-14-11-8-5-2/h7,10,16,19,24,26,29-30,32-33,35-36,38-39,41-42,44-45,71H,4-6,8-9,11-15,17-18,20-23,25,27-28,31,34,37,40,43,46-70H2,1-3H3/b10-7-,19-16-,26-24-,30-29-,33-32-,36-35-,39-38-,42-41-,45-44-. The maximum atomic E-state index is 12.9. The van der Waals surface area contributed by atoms with Gasteiger partial charge in [0, 0.05) is 19.3 Å². The lowest BCUT2D eigenvalue weighted by Crippen LogP contribution is -2.30. The van der Waals surface area contributed by atoms with Crippen LogP contribution in [0.5, 0.6) is 0 Å². The van der Waals surface area contributed by atoms with Gasteiger partial charge in [0.15, 0.2) is 6.10 Å². The topological polar surface area (TPSA) is 78.9 Å². The molecular formula is C74H126O6. The van der Waals surface area contributed by atoms with E-state index in [1.807, 2.05) is 0 Å². The molecule has 0 radical (unpaired) electrons. The fourth-order valence-corrected chi connectivity index (χ4v) is 9.50. The van der Waals surface area contributed by atoms with Crippen molar-refractivity contribution in [2.45, 2.75) is 329 Å². The van der Waals surface area contributed by atoms with Crippen LogP contribution in [-0.2, 0) is 28.6 Å². The van der Waals surface area contributed by atoms with Crippen molar-refractivity contribution in [3.63, 3.8) is 0 Å². The zero-order valence-corrected chi connectivity index (χ0v) is 52.6. The molecular weight excluding hydrogens is 985 g/mol. The van der Waals surface area contributed by atoms with Gasteiger partial charge in [0.05, 0.1) is 0 Å². The van der Waals surface area contributed by atoms with E-state index in [-0.39, 0.29) is 31.1 Å². The van der Waals surface area contributed by atoms with Crippen molar-refractivity contribution in [3.8, 4) is 0 Å². The minimum absolute atomic E-state index is 0.0766. The molecule has 80 heavy (non-hydrogen) atoms. The summed E-state index contributed by atoms with van der Waals surface area (Å²) in [5.41, 5.74) is 0. The highest BCUT2D eigenvalue weighted by atomic mass is 16.6. The van der Waals surface area contributed by atoms with Crippen LogP contribution in [0.15, 0.2) is 109 Å². The number of carbonyl (C=O) groups excluding carboxylic acids is 3. The van der Waals surface area contributed by atoms with Gasteiger partial charge in [-0.15, -0.1) is 0 Å². The monoisotopic (exact) mass is 1110 g/mol. The van der Waals surface area contributed by atoms with Crippen LogP contribution in [0.3, 0.4) is 0 Å². The molecule has 0 aromatic heterocycles. The molecule has 0 aromatic rings. The van der Waals surface area contributed by atoms with Gasteiger partial charge in [0.1, 0.15) is 13.2 Å². The Morgan fingerprint density at radius 2 is 0.487 bits per heavy atom. The molecule has 0 saturated carbocycles. The van der Waals surface area contributed by atoms with Crippen molar-refractivity contribution in [3.05, 3.63) is 109 Å². The van der Waals surface area contributed by atoms with Crippen LogP contribution in [0.25, 0.3) is 0 Å². The summed E-state index contributed by atoms with van der Waals surface area (Å²) in [7, 11) is 0. The highest BCUT2D eigenvalue weighted by Crippen LogP contribution is 2.17. The van der Waals surface area contributed by atoms with Gasteiger partial charge in [0.25, 0.3) is 0 Å². The Morgan fingerprint density at radius 1 is 0.263 bits per heavy atom. The van der Waals surface area contributed by atoms with Crippen molar-refractivity contribution < 1.29 is 28.6 Å². The molecule has 0 amide bonds. The molecule has 0 N–H and O–H groups in total. The predicted molar refractivity (Wildman–Crippen MR) is 348 cm³/mol. The minimum Gasteiger partial charge on any atom is -0.462 e. The Kier molecular flexibility index (Phi) is 64.3. The zero-order chi connectivity index (χ0) is 57.8. The van der Waals surface area contributed by atoms with Gasteiger partial charge in [-0.2, -0.15) is 0 Å². The summed E-state index contributed by atoms with van der Waals surface area (Å²) in [5, 5.41) is 0. The Labute approximate surface area is 495 Å². The van der Waals surface area contributed by atoms with Crippen LogP contribution in [0.4, 0.5) is 0 Å². The van der Waals surface area contributed by atoms with Crippen LogP contribution < -0.4 is 0 Å². The lowest BCUT2D eigenvalue weighted by Gasteiger charge is -2.18. The number of hydrogen-bond donors (Lipinski definition) is 0. The van der Waals surface area contributed by atoms with E-state index in [0.717, 1.165) is 122 Å². The van der Waals surface area contributed by atoms with Gasteiger partial charge in [-0.3, -0.25) is 14.4 Å². The van der Waals surface area contributed by atoms with Crippen molar-refractivity contribution in [1.29, 1.82) is 0 Å². The van der Waals surface area contributed by atoms with Crippen LogP contribution in [0.1, 0.15) is 323 Å². The minimum atomic E-state index is -0.780. The van der Waals surface area contributed by atoms with Crippen molar-refractivity contribution in [1.82, 2.24) is 0 Å². The maximum absolute atomic E-state index is 12.9. The fraction of sp³-hybridized carbons (Fsp3) is 0.716. The first kappa shape index (κ1) is 76.1. The molecule has 0 heterocycles. The van der Waals surface area contributed by atoms with E-state index in [1.165, 1.54) is 161 Å². The second-order valence-electron chi connectivity index (χ2n) is 22.4. The summed E-state index contributed by atoms with van der Waals surface area (Å²) >= 11 is 0. The van der Waals surface area contributed by atoms with E-state index in [4.69, 9.17) is 14.2 Å². The van der Waals surface area contributed by atoms with Gasteiger partial charge in [-0.05, 0) is 89.9 Å². The lowest BCUT2D eigenvalue weighted by atomic mass is 10.0. The van der Waals surface area contributed by atoms with E-state index >= 15 is 0 Å². The molecule has 0 bridgehead atoms. The summed E-state index contributed by atoms with van der Waals surface area (Å²) in [6.07, 6.45) is 92.5. The van der Waals surface area contributed by atoms with E-state index in [2.05, 4.69) is 130 Å². The third kappa shape index (κ3) is 64.9. The summed E-state index contributed by atoms with van der Waals surface area (Å²) in [6.45, 7) is 6.54. The summed E-state index contributed by atoms with van der Waals surface area (Å²) in [4.78, 5) is 38.3. The average molecular weight is 1110 g/mol. The normalized spacial score (nSPS) is 12.8. The van der Waals surface area contributed by atoms with E-state index in [9.17, 15) is 14.4 Å². The van der Waals surface area contributed by atoms with Crippen molar-refractivity contribution >= 4 is 17.9 Å². The summed E-state index contributed by atoms with van der Waals surface area (Å²) < 4.78 is 16.9. The number of rotatable bonds is 61. The number of carbonyl (C=O) groups is 3. The number of ether oxygens (including phenoxy) is 3. The quantitative estimate of drug-likeness (QED) is 0.0261. The van der Waals surface area contributed by atoms with Gasteiger partial charge in [0.2, 0.25) is 0 Å². The molecule has 0 aliphatic rings. The average Bonchev–Trinajstić information content (AvgIpc) is 3.46. The number of hydrogen-bond acceptors (Lipinski definition) is 6. The largest absolute Gasteiger partial charge is 0.462 e. The molecule has 0 fully saturated rings. The summed E-state index contributed by atoms with van der Waals surface area (Å²) in [6, 6.07) is 0. The summed E-state index contributed by atoms with van der Waals surface area (Å²) in [5.74, 6) is -0.876. The molecule has 0 rings (SSSR count). The van der Waals surface area contributed by atoms with Crippen LogP contribution in [0.2, 0.25) is 0 Å². The molecule has 458 valence electrons. The third-order valence-electron chi connectivity index (χ3n) is 14.5. The molecule has 1 unspecified atom stereocenters. The Bertz CT molecular complexity index is 1610.